The van der Waals surface area contributed by atoms with Crippen LogP contribution in [-0.4, -0.2) is 64.1 Å². The first-order valence-corrected chi connectivity index (χ1v) is 11.5. The molecule has 1 aliphatic carbocycles. The van der Waals surface area contributed by atoms with Crippen LogP contribution in [-0.2, 0) is 22.4 Å². The van der Waals surface area contributed by atoms with E-state index in [1.54, 1.807) is 27.8 Å². The van der Waals surface area contributed by atoms with Gasteiger partial charge in [-0.2, -0.15) is 5.10 Å². The lowest BCUT2D eigenvalue weighted by Gasteiger charge is -2.30. The monoisotopic (exact) mass is 429 g/mol. The molecule has 0 saturated carbocycles. The number of thioether (sulfide) groups is 1. The van der Waals surface area contributed by atoms with E-state index >= 15 is 0 Å². The molecule has 8 nitrogen and oxygen atoms in total. The third-order valence-corrected chi connectivity index (χ3v) is 7.12. The Labute approximate surface area is 180 Å². The molecule has 160 valence electrons. The van der Waals surface area contributed by atoms with Crippen LogP contribution in [0.3, 0.4) is 0 Å². The zero-order valence-electron chi connectivity index (χ0n) is 16.8. The molecule has 0 bridgehead atoms. The van der Waals surface area contributed by atoms with Crippen molar-refractivity contribution in [2.75, 3.05) is 18.2 Å². The van der Waals surface area contributed by atoms with Crippen LogP contribution in [0.4, 0.5) is 4.79 Å². The summed E-state index contributed by atoms with van der Waals surface area (Å²) in [4.78, 5) is 40.6. The lowest BCUT2D eigenvalue weighted by molar-refractivity contribution is -0.143. The maximum Gasteiger partial charge on any atom is 0.332 e. The topological polar surface area (TPSA) is 108 Å². The summed E-state index contributed by atoms with van der Waals surface area (Å²) in [5.41, 5.74) is 9.87. The Morgan fingerprint density at radius 1 is 1.20 bits per heavy atom. The van der Waals surface area contributed by atoms with Crippen LogP contribution >= 0.6 is 11.8 Å². The average Bonchev–Trinajstić information content (AvgIpc) is 3.45. The lowest BCUT2D eigenvalue weighted by Crippen LogP contribution is -2.50. The van der Waals surface area contributed by atoms with E-state index in [2.05, 4.69) is 22.7 Å². The highest BCUT2D eigenvalue weighted by molar-refractivity contribution is 7.99. The van der Waals surface area contributed by atoms with Gasteiger partial charge < -0.3 is 15.5 Å². The number of benzene rings is 1. The van der Waals surface area contributed by atoms with Crippen molar-refractivity contribution in [3.05, 3.63) is 35.4 Å². The van der Waals surface area contributed by atoms with Crippen molar-refractivity contribution in [1.82, 2.24) is 15.2 Å². The fourth-order valence-electron chi connectivity index (χ4n) is 4.67. The van der Waals surface area contributed by atoms with Crippen molar-refractivity contribution in [1.29, 1.82) is 0 Å². The summed E-state index contributed by atoms with van der Waals surface area (Å²) in [6.45, 7) is 0.637. The molecule has 1 aromatic carbocycles. The Balaban J connectivity index is 1.37. The maximum atomic E-state index is 13.2. The molecule has 2 aliphatic heterocycles. The molecular weight excluding hydrogens is 402 g/mol. The number of hydrogen-bond acceptors (Lipinski definition) is 5. The molecule has 2 atom stereocenters. The summed E-state index contributed by atoms with van der Waals surface area (Å²) in [5, 5.41) is 3.82. The summed E-state index contributed by atoms with van der Waals surface area (Å²) in [7, 11) is 0. The minimum absolute atomic E-state index is 0.0314. The van der Waals surface area contributed by atoms with E-state index < -0.39 is 12.1 Å². The van der Waals surface area contributed by atoms with Crippen molar-refractivity contribution in [2.45, 2.75) is 44.2 Å². The number of rotatable bonds is 5. The molecule has 1 aromatic rings. The molecular formula is C21H27N5O3S. The van der Waals surface area contributed by atoms with E-state index in [9.17, 15) is 14.4 Å². The summed E-state index contributed by atoms with van der Waals surface area (Å²) < 4.78 is 0. The SMILES string of the molecule is NC(=O)NN=C[C@@H]1CSCN1C(=O)[C@@H]1CCCN1C(=O)CC1Cc2ccccc2C1. The molecule has 0 aromatic heterocycles. The van der Waals surface area contributed by atoms with E-state index in [-0.39, 0.29) is 17.9 Å². The van der Waals surface area contributed by atoms with Crippen molar-refractivity contribution < 1.29 is 14.4 Å². The van der Waals surface area contributed by atoms with Crippen LogP contribution < -0.4 is 11.2 Å². The van der Waals surface area contributed by atoms with Gasteiger partial charge in [0.25, 0.3) is 0 Å². The zero-order chi connectivity index (χ0) is 21.1. The first-order valence-electron chi connectivity index (χ1n) is 10.4. The number of primary amides is 1. The predicted molar refractivity (Wildman–Crippen MR) is 116 cm³/mol. The molecule has 2 saturated heterocycles. The van der Waals surface area contributed by atoms with Crippen LogP contribution in [0, 0.1) is 5.92 Å². The fourth-order valence-corrected chi connectivity index (χ4v) is 5.80. The molecule has 2 heterocycles. The van der Waals surface area contributed by atoms with Gasteiger partial charge in [-0.05, 0) is 42.7 Å². The number of carbonyl (C=O) groups excluding carboxylic acids is 3. The number of nitrogens with two attached hydrogens (primary N) is 1. The highest BCUT2D eigenvalue weighted by Gasteiger charge is 2.40. The Kier molecular flexibility index (Phi) is 6.26. The van der Waals surface area contributed by atoms with E-state index in [0.29, 0.717) is 36.9 Å². The number of urea groups is 1. The summed E-state index contributed by atoms with van der Waals surface area (Å²) in [6.07, 6.45) is 5.43. The minimum atomic E-state index is -0.739. The van der Waals surface area contributed by atoms with Gasteiger partial charge in [0, 0.05) is 24.9 Å². The van der Waals surface area contributed by atoms with Gasteiger partial charge in [-0.25, -0.2) is 10.2 Å². The molecule has 4 amide bonds. The highest BCUT2D eigenvalue weighted by atomic mass is 32.2. The smallest absolute Gasteiger partial charge is 0.332 e. The van der Waals surface area contributed by atoms with Gasteiger partial charge in [-0.15, -0.1) is 11.8 Å². The molecule has 3 aliphatic rings. The zero-order valence-corrected chi connectivity index (χ0v) is 17.6. The lowest BCUT2D eigenvalue weighted by atomic mass is 10.0. The predicted octanol–water partition coefficient (Wildman–Crippen LogP) is 1.34. The largest absolute Gasteiger partial charge is 0.350 e. The molecule has 0 spiro atoms. The fraction of sp³-hybridized carbons (Fsp3) is 0.524. The van der Waals surface area contributed by atoms with Gasteiger partial charge in [-0.1, -0.05) is 24.3 Å². The van der Waals surface area contributed by atoms with Crippen LogP contribution in [0.25, 0.3) is 0 Å². The van der Waals surface area contributed by atoms with Crippen molar-refractivity contribution >= 4 is 35.8 Å². The van der Waals surface area contributed by atoms with Gasteiger partial charge in [0.05, 0.1) is 11.9 Å². The molecule has 0 radical (unpaired) electrons. The number of hydrazone groups is 1. The number of nitrogens with one attached hydrogen (secondary N) is 1. The van der Waals surface area contributed by atoms with Gasteiger partial charge in [0.1, 0.15) is 6.04 Å². The summed E-state index contributed by atoms with van der Waals surface area (Å²) >= 11 is 1.63. The third kappa shape index (κ3) is 4.45. The normalized spacial score (nSPS) is 23.9. The Morgan fingerprint density at radius 3 is 2.63 bits per heavy atom. The van der Waals surface area contributed by atoms with Gasteiger partial charge in [-0.3, -0.25) is 9.59 Å². The third-order valence-electron chi connectivity index (χ3n) is 6.08. The quantitative estimate of drug-likeness (QED) is 0.544. The standard InChI is InChI=1S/C21H27N5O3S/c22-21(29)24-23-11-17-12-30-13-26(17)20(28)18-6-3-7-25(18)19(27)10-14-8-15-4-1-2-5-16(15)9-14/h1-2,4-5,11,14,17-18H,3,6-10,12-13H2,(H3,22,24,29)/t17-,18+/m1/s1. The minimum Gasteiger partial charge on any atom is -0.350 e. The maximum absolute atomic E-state index is 13.2. The van der Waals surface area contributed by atoms with Crippen molar-refractivity contribution in [3.8, 4) is 0 Å². The van der Waals surface area contributed by atoms with E-state index in [4.69, 9.17) is 5.73 Å². The van der Waals surface area contributed by atoms with Crippen LogP contribution in [0.15, 0.2) is 29.4 Å². The van der Waals surface area contributed by atoms with Crippen molar-refractivity contribution in [2.24, 2.45) is 16.8 Å². The number of likely N-dealkylation sites (tertiary alicyclic amines) is 1. The number of amides is 4. The van der Waals surface area contributed by atoms with E-state index in [0.717, 1.165) is 19.3 Å². The molecule has 3 N–H and O–H groups in total. The Morgan fingerprint density at radius 2 is 1.93 bits per heavy atom. The molecule has 0 unspecified atom stereocenters. The second kappa shape index (κ2) is 9.07. The molecule has 30 heavy (non-hydrogen) atoms. The number of nitrogens with zero attached hydrogens (tertiary/aromatic N) is 3. The number of fused-ring (bicyclic) bond motifs is 1. The van der Waals surface area contributed by atoms with Gasteiger partial charge in [0.15, 0.2) is 0 Å². The summed E-state index contributed by atoms with van der Waals surface area (Å²) in [5.74, 6) is 1.62. The van der Waals surface area contributed by atoms with Crippen molar-refractivity contribution in [3.63, 3.8) is 0 Å². The molecule has 9 heteroatoms. The molecule has 2 fully saturated rings. The van der Waals surface area contributed by atoms with E-state index in [1.807, 2.05) is 12.1 Å². The second-order valence-corrected chi connectivity index (χ2v) is 9.12. The van der Waals surface area contributed by atoms with Crippen LogP contribution in [0.5, 0.6) is 0 Å². The number of hydrogen-bond donors (Lipinski definition) is 2. The highest BCUT2D eigenvalue weighted by Crippen LogP contribution is 2.31. The first kappa shape index (κ1) is 20.7. The first-order chi connectivity index (χ1) is 14.5. The van der Waals surface area contributed by atoms with Gasteiger partial charge in [0.2, 0.25) is 11.8 Å². The summed E-state index contributed by atoms with van der Waals surface area (Å²) in [6, 6.07) is 7.02. The average molecular weight is 430 g/mol. The van der Waals surface area contributed by atoms with Crippen LogP contribution in [0.1, 0.15) is 30.4 Å². The Hall–Kier alpha value is -2.55. The Bertz CT molecular complexity index is 836. The second-order valence-electron chi connectivity index (χ2n) is 8.12. The van der Waals surface area contributed by atoms with E-state index in [1.165, 1.54) is 11.1 Å². The molecule has 4 rings (SSSR count). The number of carbonyl (C=O) groups is 3. The van der Waals surface area contributed by atoms with Crippen LogP contribution in [0.2, 0.25) is 0 Å². The van der Waals surface area contributed by atoms with Gasteiger partial charge >= 0.3 is 6.03 Å².